The molecular weight excluding hydrogens is 384 g/mol. The van der Waals surface area contributed by atoms with Crippen molar-refractivity contribution in [2.75, 3.05) is 19.8 Å². The highest BCUT2D eigenvalue weighted by Gasteiger charge is 2.10. The molecule has 0 aliphatic heterocycles. The lowest BCUT2D eigenvalue weighted by Crippen LogP contribution is -2.20. The van der Waals surface area contributed by atoms with Gasteiger partial charge in [0.2, 0.25) is 0 Å². The molecule has 0 saturated heterocycles. The number of benzene rings is 2. The molecular formula is C23H28N2O3S. The van der Waals surface area contributed by atoms with Gasteiger partial charge in [0.15, 0.2) is 4.80 Å². The Bertz CT molecular complexity index is 1050. The minimum Gasteiger partial charge on any atom is -0.494 e. The van der Waals surface area contributed by atoms with Crippen LogP contribution in [-0.2, 0) is 22.5 Å². The standard InChI is InChI=1S/C23H28N2O3S/c1-5-27-12-11-25-20-13-16(3)17(4)14-21(20)29-23(25)24-22(26)15-18-7-9-19(10-8-18)28-6-2/h7-10,13-14H,5-6,11-12,15H2,1-4H3. The van der Waals surface area contributed by atoms with Crippen LogP contribution >= 0.6 is 11.3 Å². The number of rotatable bonds is 8. The van der Waals surface area contributed by atoms with Crippen LogP contribution in [0.1, 0.15) is 30.5 Å². The number of nitrogens with zero attached hydrogens (tertiary/aromatic N) is 2. The molecule has 0 N–H and O–H groups in total. The number of aromatic nitrogens is 1. The molecule has 0 unspecified atom stereocenters. The van der Waals surface area contributed by atoms with E-state index >= 15 is 0 Å². The minimum absolute atomic E-state index is 0.153. The van der Waals surface area contributed by atoms with E-state index in [0.717, 1.165) is 26.3 Å². The monoisotopic (exact) mass is 412 g/mol. The van der Waals surface area contributed by atoms with Crippen molar-refractivity contribution >= 4 is 27.5 Å². The van der Waals surface area contributed by atoms with Crippen molar-refractivity contribution in [2.24, 2.45) is 4.99 Å². The van der Waals surface area contributed by atoms with Crippen molar-refractivity contribution in [1.82, 2.24) is 4.57 Å². The second-order valence-corrected chi connectivity index (χ2v) is 7.91. The SMILES string of the molecule is CCOCCn1c(=NC(=O)Cc2ccc(OCC)cc2)sc2cc(C)c(C)cc21. The van der Waals surface area contributed by atoms with Gasteiger partial charge in [-0.05, 0) is 68.7 Å². The van der Waals surface area contributed by atoms with E-state index in [-0.39, 0.29) is 12.3 Å². The van der Waals surface area contributed by atoms with E-state index in [9.17, 15) is 4.79 Å². The lowest BCUT2D eigenvalue weighted by Gasteiger charge is -2.07. The first kappa shape index (κ1) is 21.3. The van der Waals surface area contributed by atoms with Crippen LogP contribution in [0.5, 0.6) is 5.75 Å². The summed E-state index contributed by atoms with van der Waals surface area (Å²) in [7, 11) is 0. The lowest BCUT2D eigenvalue weighted by molar-refractivity contribution is -0.117. The van der Waals surface area contributed by atoms with Gasteiger partial charge in [-0.15, -0.1) is 0 Å². The van der Waals surface area contributed by atoms with Crippen molar-refractivity contribution in [3.63, 3.8) is 0 Å². The molecule has 29 heavy (non-hydrogen) atoms. The van der Waals surface area contributed by atoms with E-state index in [1.807, 2.05) is 38.1 Å². The third kappa shape index (κ3) is 5.34. The van der Waals surface area contributed by atoms with E-state index in [2.05, 4.69) is 35.5 Å². The highest BCUT2D eigenvalue weighted by Crippen LogP contribution is 2.22. The number of aryl methyl sites for hydroxylation is 2. The summed E-state index contributed by atoms with van der Waals surface area (Å²) in [6.45, 7) is 10.7. The molecule has 3 aromatic rings. The average Bonchev–Trinajstić information content (AvgIpc) is 3.00. The van der Waals surface area contributed by atoms with Gasteiger partial charge in [0.25, 0.3) is 5.91 Å². The largest absolute Gasteiger partial charge is 0.494 e. The summed E-state index contributed by atoms with van der Waals surface area (Å²) in [5.74, 6) is 0.656. The fraction of sp³-hybridized carbons (Fsp3) is 0.391. The maximum Gasteiger partial charge on any atom is 0.252 e. The Hall–Kier alpha value is -2.44. The molecule has 154 valence electrons. The summed E-state index contributed by atoms with van der Waals surface area (Å²) in [5.41, 5.74) is 4.50. The van der Waals surface area contributed by atoms with E-state index in [1.165, 1.54) is 11.1 Å². The number of amides is 1. The fourth-order valence-corrected chi connectivity index (χ4v) is 4.27. The summed E-state index contributed by atoms with van der Waals surface area (Å²) in [5, 5.41) is 0. The van der Waals surface area contributed by atoms with Gasteiger partial charge in [0.1, 0.15) is 5.75 Å². The number of carbonyl (C=O) groups is 1. The Labute approximate surface area is 175 Å². The van der Waals surface area contributed by atoms with Crippen LogP contribution in [-0.4, -0.2) is 30.3 Å². The predicted molar refractivity (Wildman–Crippen MR) is 118 cm³/mol. The molecule has 0 saturated carbocycles. The van der Waals surface area contributed by atoms with Gasteiger partial charge in [-0.2, -0.15) is 4.99 Å². The van der Waals surface area contributed by atoms with Crippen LogP contribution in [0.25, 0.3) is 10.2 Å². The van der Waals surface area contributed by atoms with Gasteiger partial charge in [0, 0.05) is 13.2 Å². The summed E-state index contributed by atoms with van der Waals surface area (Å²) < 4.78 is 14.2. The maximum atomic E-state index is 12.6. The number of ether oxygens (including phenoxy) is 2. The number of fused-ring (bicyclic) bond motifs is 1. The van der Waals surface area contributed by atoms with Gasteiger partial charge in [-0.1, -0.05) is 23.5 Å². The van der Waals surface area contributed by atoms with Crippen LogP contribution in [0, 0.1) is 13.8 Å². The molecule has 5 nitrogen and oxygen atoms in total. The van der Waals surface area contributed by atoms with Gasteiger partial charge >= 0.3 is 0 Å². The molecule has 2 aromatic carbocycles. The molecule has 1 aromatic heterocycles. The van der Waals surface area contributed by atoms with Crippen LogP contribution in [0.3, 0.4) is 0 Å². The lowest BCUT2D eigenvalue weighted by atomic mass is 10.1. The second-order valence-electron chi connectivity index (χ2n) is 6.90. The Balaban J connectivity index is 1.90. The van der Waals surface area contributed by atoms with Crippen molar-refractivity contribution in [3.8, 4) is 5.75 Å². The highest BCUT2D eigenvalue weighted by atomic mass is 32.1. The van der Waals surface area contributed by atoms with Crippen molar-refractivity contribution < 1.29 is 14.3 Å². The molecule has 1 heterocycles. The third-order valence-electron chi connectivity index (χ3n) is 4.77. The van der Waals surface area contributed by atoms with Gasteiger partial charge in [-0.25, -0.2) is 0 Å². The van der Waals surface area contributed by atoms with Crippen LogP contribution < -0.4 is 9.54 Å². The summed E-state index contributed by atoms with van der Waals surface area (Å²) in [6.07, 6.45) is 0.268. The van der Waals surface area contributed by atoms with E-state index in [4.69, 9.17) is 9.47 Å². The van der Waals surface area contributed by atoms with Gasteiger partial charge in [-0.3, -0.25) is 4.79 Å². The molecule has 0 atom stereocenters. The number of hydrogen-bond donors (Lipinski definition) is 0. The first-order valence-electron chi connectivity index (χ1n) is 9.99. The van der Waals surface area contributed by atoms with E-state index in [0.29, 0.717) is 26.4 Å². The van der Waals surface area contributed by atoms with E-state index in [1.54, 1.807) is 11.3 Å². The Morgan fingerprint density at radius 1 is 1.07 bits per heavy atom. The molecule has 0 radical (unpaired) electrons. The number of hydrogen-bond acceptors (Lipinski definition) is 4. The zero-order valence-electron chi connectivity index (χ0n) is 17.5. The first-order valence-corrected chi connectivity index (χ1v) is 10.8. The average molecular weight is 413 g/mol. The highest BCUT2D eigenvalue weighted by molar-refractivity contribution is 7.16. The number of thiazole rings is 1. The van der Waals surface area contributed by atoms with Gasteiger partial charge in [0.05, 0.1) is 29.9 Å². The molecule has 0 bridgehead atoms. The maximum absolute atomic E-state index is 12.6. The fourth-order valence-electron chi connectivity index (χ4n) is 3.11. The predicted octanol–water partition coefficient (Wildman–Crippen LogP) is 4.42. The quantitative estimate of drug-likeness (QED) is 0.515. The Morgan fingerprint density at radius 3 is 2.48 bits per heavy atom. The third-order valence-corrected chi connectivity index (χ3v) is 5.81. The Morgan fingerprint density at radius 2 is 1.79 bits per heavy atom. The van der Waals surface area contributed by atoms with Crippen LogP contribution in [0.15, 0.2) is 41.4 Å². The molecule has 0 aliphatic rings. The summed E-state index contributed by atoms with van der Waals surface area (Å²) in [4.78, 5) is 17.8. The smallest absolute Gasteiger partial charge is 0.252 e. The Kier molecular flexibility index (Phi) is 7.23. The van der Waals surface area contributed by atoms with Gasteiger partial charge < -0.3 is 14.0 Å². The summed E-state index contributed by atoms with van der Waals surface area (Å²) in [6, 6.07) is 11.9. The van der Waals surface area contributed by atoms with Crippen molar-refractivity contribution in [1.29, 1.82) is 0 Å². The first-order chi connectivity index (χ1) is 14.0. The molecule has 3 rings (SSSR count). The molecule has 6 heteroatoms. The van der Waals surface area contributed by atoms with Crippen molar-refractivity contribution in [2.45, 2.75) is 40.7 Å². The topological polar surface area (TPSA) is 52.8 Å². The van der Waals surface area contributed by atoms with Crippen molar-refractivity contribution in [3.05, 3.63) is 57.9 Å². The molecule has 0 aliphatic carbocycles. The number of carbonyl (C=O) groups excluding carboxylic acids is 1. The van der Waals surface area contributed by atoms with E-state index < -0.39 is 0 Å². The molecule has 0 spiro atoms. The zero-order valence-corrected chi connectivity index (χ0v) is 18.3. The summed E-state index contributed by atoms with van der Waals surface area (Å²) >= 11 is 1.55. The zero-order chi connectivity index (χ0) is 20.8. The second kappa shape index (κ2) is 9.85. The molecule has 1 amide bonds. The normalized spacial score (nSPS) is 11.9. The van der Waals surface area contributed by atoms with Crippen LogP contribution in [0.2, 0.25) is 0 Å². The molecule has 0 fully saturated rings. The minimum atomic E-state index is -0.153. The van der Waals surface area contributed by atoms with Crippen LogP contribution in [0.4, 0.5) is 0 Å².